The van der Waals surface area contributed by atoms with E-state index in [1.54, 1.807) is 0 Å². The first kappa shape index (κ1) is 13.6. The van der Waals surface area contributed by atoms with Gasteiger partial charge in [-0.15, -0.1) is 11.3 Å². The number of amides is 1. The van der Waals surface area contributed by atoms with E-state index in [0.29, 0.717) is 12.6 Å². The van der Waals surface area contributed by atoms with Crippen LogP contribution in [0.15, 0.2) is 12.1 Å². The third kappa shape index (κ3) is 3.82. The van der Waals surface area contributed by atoms with Crippen LogP contribution in [-0.2, 0) is 11.2 Å². The molecule has 1 aliphatic heterocycles. The number of nitrogens with zero attached hydrogens (tertiary/aromatic N) is 1. The van der Waals surface area contributed by atoms with Gasteiger partial charge in [-0.1, -0.05) is 0 Å². The third-order valence-electron chi connectivity index (χ3n) is 3.36. The number of carbonyl (C=O) groups is 1. The van der Waals surface area contributed by atoms with E-state index in [9.17, 15) is 4.79 Å². The van der Waals surface area contributed by atoms with Crippen molar-refractivity contribution in [2.75, 3.05) is 19.6 Å². The molecule has 1 aromatic heterocycles. The molecule has 0 radical (unpaired) electrons. The molecule has 3 nitrogen and oxygen atoms in total. The Hall–Kier alpha value is -0.870. The predicted octanol–water partition coefficient (Wildman–Crippen LogP) is 2.20. The van der Waals surface area contributed by atoms with E-state index in [4.69, 9.17) is 0 Å². The molecule has 0 spiro atoms. The quantitative estimate of drug-likeness (QED) is 0.886. The Morgan fingerprint density at radius 1 is 1.44 bits per heavy atom. The van der Waals surface area contributed by atoms with Crippen molar-refractivity contribution >= 4 is 17.2 Å². The lowest BCUT2D eigenvalue weighted by Gasteiger charge is -2.18. The summed E-state index contributed by atoms with van der Waals surface area (Å²) in [6.07, 6.45) is 3.33. The van der Waals surface area contributed by atoms with Crippen molar-refractivity contribution in [2.24, 2.45) is 0 Å². The van der Waals surface area contributed by atoms with Gasteiger partial charge < -0.3 is 10.2 Å². The van der Waals surface area contributed by atoms with Gasteiger partial charge in [-0.2, -0.15) is 0 Å². The van der Waals surface area contributed by atoms with Gasteiger partial charge in [0.05, 0.1) is 6.54 Å². The molecule has 1 aliphatic rings. The number of aryl methyl sites for hydroxylation is 1. The van der Waals surface area contributed by atoms with Crippen LogP contribution in [-0.4, -0.2) is 36.5 Å². The number of nitrogens with one attached hydrogen (secondary N) is 1. The van der Waals surface area contributed by atoms with Crippen molar-refractivity contribution in [3.8, 4) is 0 Å². The van der Waals surface area contributed by atoms with Gasteiger partial charge in [0.25, 0.3) is 0 Å². The molecular formula is C14H22N2OS. The molecule has 0 aliphatic carbocycles. The molecule has 0 bridgehead atoms. The van der Waals surface area contributed by atoms with E-state index in [2.05, 4.69) is 31.3 Å². The van der Waals surface area contributed by atoms with Gasteiger partial charge in [0, 0.05) is 28.9 Å². The van der Waals surface area contributed by atoms with Crippen molar-refractivity contribution in [1.29, 1.82) is 0 Å². The molecule has 1 aromatic rings. The standard InChI is InChI=1S/C14H22N2OS/c1-11(9-13-6-5-12(2)18-13)15-10-14(17)16-7-3-4-8-16/h5-6,11,15H,3-4,7-10H2,1-2H3. The van der Waals surface area contributed by atoms with Crippen LogP contribution in [0, 0.1) is 6.92 Å². The summed E-state index contributed by atoms with van der Waals surface area (Å²) in [6.45, 7) is 6.64. The fraction of sp³-hybridized carbons (Fsp3) is 0.643. The predicted molar refractivity (Wildman–Crippen MR) is 76.0 cm³/mol. The number of hydrogen-bond acceptors (Lipinski definition) is 3. The lowest BCUT2D eigenvalue weighted by Crippen LogP contribution is -2.40. The largest absolute Gasteiger partial charge is 0.342 e. The van der Waals surface area contributed by atoms with Gasteiger partial charge in [0.1, 0.15) is 0 Å². The second-order valence-corrected chi connectivity index (χ2v) is 6.46. The van der Waals surface area contributed by atoms with Gasteiger partial charge in [-0.25, -0.2) is 0 Å². The highest BCUT2D eigenvalue weighted by atomic mass is 32.1. The van der Waals surface area contributed by atoms with E-state index < -0.39 is 0 Å². The summed E-state index contributed by atoms with van der Waals surface area (Å²) in [5, 5.41) is 3.33. The molecule has 2 rings (SSSR count). The topological polar surface area (TPSA) is 32.3 Å². The van der Waals surface area contributed by atoms with Crippen LogP contribution in [0.5, 0.6) is 0 Å². The Balaban J connectivity index is 1.71. The fourth-order valence-electron chi connectivity index (χ4n) is 2.31. The number of rotatable bonds is 5. The fourth-order valence-corrected chi connectivity index (χ4v) is 3.33. The molecule has 4 heteroatoms. The van der Waals surface area contributed by atoms with Crippen molar-refractivity contribution in [1.82, 2.24) is 10.2 Å². The van der Waals surface area contributed by atoms with E-state index in [0.717, 1.165) is 32.4 Å². The summed E-state index contributed by atoms with van der Waals surface area (Å²) < 4.78 is 0. The number of carbonyl (C=O) groups excluding carboxylic acids is 1. The number of thiophene rings is 1. The van der Waals surface area contributed by atoms with E-state index >= 15 is 0 Å². The minimum Gasteiger partial charge on any atom is -0.342 e. The minimum absolute atomic E-state index is 0.252. The maximum Gasteiger partial charge on any atom is 0.236 e. The van der Waals surface area contributed by atoms with Gasteiger partial charge in [0.2, 0.25) is 5.91 Å². The molecule has 1 amide bonds. The summed E-state index contributed by atoms with van der Waals surface area (Å²) in [6, 6.07) is 4.69. The van der Waals surface area contributed by atoms with Crippen LogP contribution in [0.4, 0.5) is 0 Å². The van der Waals surface area contributed by atoms with Crippen LogP contribution in [0.3, 0.4) is 0 Å². The first-order valence-corrected chi connectivity index (χ1v) is 7.53. The zero-order valence-electron chi connectivity index (χ0n) is 11.2. The van der Waals surface area contributed by atoms with Crippen molar-refractivity contribution in [3.05, 3.63) is 21.9 Å². The van der Waals surface area contributed by atoms with Crippen molar-refractivity contribution in [2.45, 2.75) is 39.2 Å². The smallest absolute Gasteiger partial charge is 0.236 e. The molecule has 1 fully saturated rings. The van der Waals surface area contributed by atoms with Crippen LogP contribution in [0.2, 0.25) is 0 Å². The molecule has 0 aromatic carbocycles. The molecule has 2 heterocycles. The SMILES string of the molecule is Cc1ccc(CC(C)NCC(=O)N2CCCC2)s1. The van der Waals surface area contributed by atoms with Gasteiger partial charge in [-0.05, 0) is 45.2 Å². The average Bonchev–Trinajstić information content (AvgIpc) is 2.97. The molecule has 1 N–H and O–H groups in total. The molecule has 18 heavy (non-hydrogen) atoms. The zero-order valence-corrected chi connectivity index (χ0v) is 12.1. The van der Waals surface area contributed by atoms with Crippen LogP contribution >= 0.6 is 11.3 Å². The molecule has 1 atom stereocenters. The maximum atomic E-state index is 11.9. The summed E-state index contributed by atoms with van der Waals surface area (Å²) in [5.74, 6) is 0.252. The molecule has 100 valence electrons. The Kier molecular flexibility index (Phi) is 4.78. The first-order chi connectivity index (χ1) is 8.65. The Morgan fingerprint density at radius 3 is 2.78 bits per heavy atom. The summed E-state index contributed by atoms with van der Waals surface area (Å²) in [5.41, 5.74) is 0. The Labute approximate surface area is 113 Å². The normalized spacial score (nSPS) is 17.1. The van der Waals surface area contributed by atoms with Gasteiger partial charge in [-0.3, -0.25) is 4.79 Å². The number of hydrogen-bond donors (Lipinski definition) is 1. The highest BCUT2D eigenvalue weighted by Crippen LogP contribution is 2.16. The summed E-state index contributed by atoms with van der Waals surface area (Å²) in [7, 11) is 0. The highest BCUT2D eigenvalue weighted by molar-refractivity contribution is 7.11. The molecular weight excluding hydrogens is 244 g/mol. The van der Waals surface area contributed by atoms with E-state index in [1.165, 1.54) is 9.75 Å². The van der Waals surface area contributed by atoms with Crippen LogP contribution < -0.4 is 5.32 Å². The van der Waals surface area contributed by atoms with Gasteiger partial charge >= 0.3 is 0 Å². The Bertz CT molecular complexity index is 396. The van der Waals surface area contributed by atoms with Crippen molar-refractivity contribution in [3.63, 3.8) is 0 Å². The van der Waals surface area contributed by atoms with Crippen LogP contribution in [0.25, 0.3) is 0 Å². The second-order valence-electron chi connectivity index (χ2n) is 5.09. The van der Waals surface area contributed by atoms with E-state index in [-0.39, 0.29) is 5.91 Å². The molecule has 0 saturated carbocycles. The molecule has 1 saturated heterocycles. The van der Waals surface area contributed by atoms with Gasteiger partial charge in [0.15, 0.2) is 0 Å². The van der Waals surface area contributed by atoms with Crippen molar-refractivity contribution < 1.29 is 4.79 Å². The summed E-state index contributed by atoms with van der Waals surface area (Å²) >= 11 is 1.84. The number of likely N-dealkylation sites (tertiary alicyclic amines) is 1. The molecule has 1 unspecified atom stereocenters. The second kappa shape index (κ2) is 6.34. The Morgan fingerprint density at radius 2 is 2.17 bits per heavy atom. The maximum absolute atomic E-state index is 11.9. The highest BCUT2D eigenvalue weighted by Gasteiger charge is 2.17. The average molecular weight is 266 g/mol. The lowest BCUT2D eigenvalue weighted by atomic mass is 10.2. The van der Waals surface area contributed by atoms with Crippen LogP contribution in [0.1, 0.15) is 29.5 Å². The monoisotopic (exact) mass is 266 g/mol. The first-order valence-electron chi connectivity index (χ1n) is 6.71. The third-order valence-corrected chi connectivity index (χ3v) is 4.39. The summed E-state index contributed by atoms with van der Waals surface area (Å²) in [4.78, 5) is 16.6. The lowest BCUT2D eigenvalue weighted by molar-refractivity contribution is -0.129. The minimum atomic E-state index is 0.252. The zero-order chi connectivity index (χ0) is 13.0. The van der Waals surface area contributed by atoms with E-state index in [1.807, 2.05) is 16.2 Å².